The van der Waals surface area contributed by atoms with E-state index in [9.17, 15) is 14.3 Å². The molecule has 0 bridgehead atoms. The maximum atomic E-state index is 13.8. The molecule has 1 saturated carbocycles. The Bertz CT molecular complexity index is 479. The first-order valence-electron chi connectivity index (χ1n) is 7.04. The zero-order valence-corrected chi connectivity index (χ0v) is 11.4. The molecule has 1 aliphatic carbocycles. The van der Waals surface area contributed by atoms with Crippen molar-refractivity contribution in [1.29, 1.82) is 0 Å². The van der Waals surface area contributed by atoms with E-state index in [4.69, 9.17) is 5.73 Å². The van der Waals surface area contributed by atoms with Gasteiger partial charge in [0.1, 0.15) is 5.82 Å². The van der Waals surface area contributed by atoms with Crippen molar-refractivity contribution >= 4 is 5.91 Å². The molecule has 0 aromatic heterocycles. The van der Waals surface area contributed by atoms with Gasteiger partial charge in [-0.1, -0.05) is 18.9 Å². The summed E-state index contributed by atoms with van der Waals surface area (Å²) in [6.07, 6.45) is 4.30. The fraction of sp³-hybridized carbons (Fsp3) is 0.533. The Kier molecular flexibility index (Phi) is 5.09. The van der Waals surface area contributed by atoms with E-state index in [0.29, 0.717) is 12.1 Å². The number of nitrogens with one attached hydrogen (secondary N) is 1. The Morgan fingerprint density at radius 3 is 2.80 bits per heavy atom. The number of carbonyl (C=O) groups excluding carboxylic acids is 1. The average Bonchev–Trinajstić information content (AvgIpc) is 2.46. The van der Waals surface area contributed by atoms with Gasteiger partial charge >= 0.3 is 0 Å². The smallest absolute Gasteiger partial charge is 0.248 e. The summed E-state index contributed by atoms with van der Waals surface area (Å²) in [5.74, 6) is -0.808. The van der Waals surface area contributed by atoms with Gasteiger partial charge in [0.2, 0.25) is 5.91 Å². The van der Waals surface area contributed by atoms with Crippen molar-refractivity contribution in [2.24, 2.45) is 11.7 Å². The number of aliphatic hydroxyl groups is 1. The zero-order chi connectivity index (χ0) is 14.5. The summed E-state index contributed by atoms with van der Waals surface area (Å²) in [6.45, 7) is 0.562. The highest BCUT2D eigenvalue weighted by Gasteiger charge is 2.24. The van der Waals surface area contributed by atoms with Gasteiger partial charge in [0.25, 0.3) is 0 Å². The third-order valence-corrected chi connectivity index (χ3v) is 4.04. The van der Waals surface area contributed by atoms with Gasteiger partial charge in [-0.05, 0) is 30.9 Å². The van der Waals surface area contributed by atoms with Crippen LogP contribution in [0.2, 0.25) is 0 Å². The van der Waals surface area contributed by atoms with Crippen LogP contribution in [0.15, 0.2) is 18.2 Å². The monoisotopic (exact) mass is 280 g/mol. The third-order valence-electron chi connectivity index (χ3n) is 4.04. The van der Waals surface area contributed by atoms with Gasteiger partial charge in [0.15, 0.2) is 0 Å². The number of halogens is 1. The van der Waals surface area contributed by atoms with Crippen molar-refractivity contribution in [1.82, 2.24) is 5.32 Å². The van der Waals surface area contributed by atoms with E-state index in [0.717, 1.165) is 25.7 Å². The summed E-state index contributed by atoms with van der Waals surface area (Å²) >= 11 is 0. The van der Waals surface area contributed by atoms with E-state index < -0.39 is 11.7 Å². The summed E-state index contributed by atoms with van der Waals surface area (Å²) in [7, 11) is 0. The van der Waals surface area contributed by atoms with E-state index in [1.807, 2.05) is 0 Å². The summed E-state index contributed by atoms with van der Waals surface area (Å²) in [5, 5.41) is 12.7. The van der Waals surface area contributed by atoms with Gasteiger partial charge < -0.3 is 16.2 Å². The molecule has 0 spiro atoms. The molecule has 5 heteroatoms. The second-order valence-electron chi connectivity index (χ2n) is 5.38. The van der Waals surface area contributed by atoms with Crippen molar-refractivity contribution < 1.29 is 14.3 Å². The molecule has 1 aromatic rings. The van der Waals surface area contributed by atoms with Gasteiger partial charge in [-0.25, -0.2) is 4.39 Å². The lowest BCUT2D eigenvalue weighted by Gasteiger charge is -2.31. The Hall–Kier alpha value is -1.46. The van der Waals surface area contributed by atoms with Crippen molar-refractivity contribution in [2.45, 2.75) is 38.3 Å². The number of hydrogen-bond acceptors (Lipinski definition) is 3. The second kappa shape index (κ2) is 6.81. The first-order chi connectivity index (χ1) is 9.61. The maximum absolute atomic E-state index is 13.8. The van der Waals surface area contributed by atoms with Crippen LogP contribution in [0.5, 0.6) is 0 Å². The first-order valence-corrected chi connectivity index (χ1v) is 7.04. The molecule has 0 radical (unpaired) electrons. The summed E-state index contributed by atoms with van der Waals surface area (Å²) in [5.41, 5.74) is 5.80. The number of amides is 1. The topological polar surface area (TPSA) is 75.4 Å². The normalized spacial score (nSPS) is 22.7. The van der Waals surface area contributed by atoms with Gasteiger partial charge in [0, 0.05) is 30.3 Å². The van der Waals surface area contributed by atoms with Crippen LogP contribution in [0.25, 0.3) is 0 Å². The first kappa shape index (κ1) is 14.9. The van der Waals surface area contributed by atoms with Crippen LogP contribution < -0.4 is 11.1 Å². The largest absolute Gasteiger partial charge is 0.396 e. The van der Waals surface area contributed by atoms with Crippen LogP contribution in [0.3, 0.4) is 0 Å². The molecule has 2 rings (SSSR count). The second-order valence-corrected chi connectivity index (χ2v) is 5.38. The molecule has 2 atom stereocenters. The third kappa shape index (κ3) is 3.55. The van der Waals surface area contributed by atoms with Crippen LogP contribution in [0, 0.1) is 11.7 Å². The number of aliphatic hydroxyl groups excluding tert-OH is 1. The molecule has 1 aliphatic rings. The van der Waals surface area contributed by atoms with E-state index in [1.54, 1.807) is 6.07 Å². The van der Waals surface area contributed by atoms with Crippen molar-refractivity contribution in [2.75, 3.05) is 6.61 Å². The molecule has 4 N–H and O–H groups in total. The molecule has 0 aliphatic heterocycles. The average molecular weight is 280 g/mol. The van der Waals surface area contributed by atoms with Crippen molar-refractivity contribution in [3.05, 3.63) is 35.1 Å². The molecule has 2 unspecified atom stereocenters. The van der Waals surface area contributed by atoms with Crippen LogP contribution in [-0.4, -0.2) is 23.7 Å². The molecule has 1 amide bonds. The highest BCUT2D eigenvalue weighted by Crippen LogP contribution is 2.24. The van der Waals surface area contributed by atoms with Gasteiger partial charge in [0.05, 0.1) is 0 Å². The standard InChI is InChI=1S/C15H21FN2O2/c16-13-7-10(15(17)20)5-6-11(13)8-18-14-4-2-1-3-12(14)9-19/h5-7,12,14,18-19H,1-4,8-9H2,(H2,17,20). The predicted molar refractivity (Wildman–Crippen MR) is 74.6 cm³/mol. The lowest BCUT2D eigenvalue weighted by Crippen LogP contribution is -2.39. The van der Waals surface area contributed by atoms with E-state index >= 15 is 0 Å². The van der Waals surface area contributed by atoms with Gasteiger partial charge in [-0.2, -0.15) is 0 Å². The summed E-state index contributed by atoms with van der Waals surface area (Å²) < 4.78 is 13.8. The fourth-order valence-corrected chi connectivity index (χ4v) is 2.78. The lowest BCUT2D eigenvalue weighted by atomic mass is 9.85. The molecule has 20 heavy (non-hydrogen) atoms. The molecular formula is C15H21FN2O2. The highest BCUT2D eigenvalue weighted by molar-refractivity contribution is 5.92. The molecule has 0 heterocycles. The fourth-order valence-electron chi connectivity index (χ4n) is 2.78. The number of primary amides is 1. The molecule has 0 saturated heterocycles. The molecular weight excluding hydrogens is 259 g/mol. The summed E-state index contributed by atoms with van der Waals surface area (Å²) in [4.78, 5) is 11.0. The minimum absolute atomic E-state index is 0.167. The van der Waals surface area contributed by atoms with E-state index in [-0.39, 0.29) is 24.1 Å². The Labute approximate surface area is 118 Å². The Balaban J connectivity index is 1.98. The number of hydrogen-bond donors (Lipinski definition) is 3. The maximum Gasteiger partial charge on any atom is 0.248 e. The minimum atomic E-state index is -0.629. The van der Waals surface area contributed by atoms with E-state index in [2.05, 4.69) is 5.32 Å². The zero-order valence-electron chi connectivity index (χ0n) is 11.4. The van der Waals surface area contributed by atoms with Crippen molar-refractivity contribution in [3.8, 4) is 0 Å². The van der Waals surface area contributed by atoms with Gasteiger partial charge in [-0.15, -0.1) is 0 Å². The minimum Gasteiger partial charge on any atom is -0.396 e. The predicted octanol–water partition coefficient (Wildman–Crippen LogP) is 1.57. The summed E-state index contributed by atoms with van der Waals surface area (Å²) in [6, 6.07) is 4.51. The SMILES string of the molecule is NC(=O)c1ccc(CNC2CCCCC2CO)c(F)c1. The quantitative estimate of drug-likeness (QED) is 0.766. The number of carbonyl (C=O) groups is 1. The van der Waals surface area contributed by atoms with E-state index in [1.165, 1.54) is 12.1 Å². The lowest BCUT2D eigenvalue weighted by molar-refractivity contribution is 0.0999. The van der Waals surface area contributed by atoms with Crippen LogP contribution >= 0.6 is 0 Å². The van der Waals surface area contributed by atoms with Gasteiger partial charge in [-0.3, -0.25) is 4.79 Å². The van der Waals surface area contributed by atoms with Crippen molar-refractivity contribution in [3.63, 3.8) is 0 Å². The molecule has 110 valence electrons. The number of benzene rings is 1. The highest BCUT2D eigenvalue weighted by atomic mass is 19.1. The molecule has 1 aromatic carbocycles. The van der Waals surface area contributed by atoms with Crippen LogP contribution in [0.4, 0.5) is 4.39 Å². The molecule has 1 fully saturated rings. The Morgan fingerprint density at radius 1 is 1.40 bits per heavy atom. The molecule has 4 nitrogen and oxygen atoms in total. The number of nitrogens with two attached hydrogens (primary N) is 1. The number of rotatable bonds is 5. The Morgan fingerprint density at radius 2 is 2.15 bits per heavy atom. The van der Waals surface area contributed by atoms with Crippen LogP contribution in [0.1, 0.15) is 41.6 Å². The van der Waals surface area contributed by atoms with Crippen LogP contribution in [-0.2, 0) is 6.54 Å².